The average molecular weight is 579 g/mol. The lowest BCUT2D eigenvalue weighted by atomic mass is 9.65. The molecule has 2 heteroatoms. The van der Waals surface area contributed by atoms with Gasteiger partial charge in [0.2, 0.25) is 0 Å². The van der Waals surface area contributed by atoms with Crippen LogP contribution in [0, 0.1) is 11.3 Å². The van der Waals surface area contributed by atoms with Crippen LogP contribution in [0.2, 0.25) is 0 Å². The second-order valence-corrected chi connectivity index (χ2v) is 13.7. The highest BCUT2D eigenvalue weighted by Gasteiger charge is 2.43. The molecule has 0 aromatic carbocycles. The van der Waals surface area contributed by atoms with Gasteiger partial charge in [-0.15, -0.1) is 0 Å². The molecule has 0 heterocycles. The molecule has 2 unspecified atom stereocenters. The molecule has 0 aromatic heterocycles. The lowest BCUT2D eigenvalue weighted by Gasteiger charge is -2.38. The van der Waals surface area contributed by atoms with E-state index >= 15 is 0 Å². The summed E-state index contributed by atoms with van der Waals surface area (Å²) < 4.78 is 0. The summed E-state index contributed by atoms with van der Waals surface area (Å²) in [6.45, 7) is 9.02. The van der Waals surface area contributed by atoms with Crippen LogP contribution in [0.4, 0.5) is 0 Å². The summed E-state index contributed by atoms with van der Waals surface area (Å²) in [6, 6.07) is 0. The average Bonchev–Trinajstić information content (AvgIpc) is 2.96. The van der Waals surface area contributed by atoms with Crippen LogP contribution in [0.5, 0.6) is 0 Å². The van der Waals surface area contributed by atoms with Crippen LogP contribution < -0.4 is 0 Å². The molecule has 0 spiro atoms. The summed E-state index contributed by atoms with van der Waals surface area (Å²) in [4.78, 5) is 12.8. The van der Waals surface area contributed by atoms with E-state index < -0.39 is 11.4 Å². The summed E-state index contributed by atoms with van der Waals surface area (Å²) in [5.41, 5.74) is -0.486. The van der Waals surface area contributed by atoms with Crippen LogP contribution >= 0.6 is 0 Å². The Labute approximate surface area is 260 Å². The van der Waals surface area contributed by atoms with Crippen molar-refractivity contribution in [3.05, 3.63) is 0 Å². The third kappa shape index (κ3) is 22.6. The lowest BCUT2D eigenvalue weighted by Crippen LogP contribution is -2.39. The van der Waals surface area contributed by atoms with Crippen molar-refractivity contribution < 1.29 is 9.90 Å². The Bertz CT molecular complexity index is 530. The van der Waals surface area contributed by atoms with E-state index in [1.807, 2.05) is 0 Å². The van der Waals surface area contributed by atoms with Crippen molar-refractivity contribution in [2.45, 2.75) is 233 Å². The van der Waals surface area contributed by atoms with Gasteiger partial charge in [0, 0.05) is 0 Å². The van der Waals surface area contributed by atoms with Crippen molar-refractivity contribution >= 4 is 5.97 Å². The van der Waals surface area contributed by atoms with Crippen molar-refractivity contribution in [3.63, 3.8) is 0 Å². The standard InChI is InChI=1S/C39H78O2/c1-5-9-11-13-15-17-19-21-23-25-27-29-31-34-37(33-7-3)39(35-8-4,38(40)41)36-32-30-28-26-24-22-20-18-16-14-12-10-6-2/h37H,5-36H2,1-4H3,(H,40,41). The van der Waals surface area contributed by atoms with E-state index in [9.17, 15) is 9.90 Å². The van der Waals surface area contributed by atoms with Crippen LogP contribution in [0.25, 0.3) is 0 Å². The maximum Gasteiger partial charge on any atom is 0.309 e. The van der Waals surface area contributed by atoms with Crippen molar-refractivity contribution in [2.24, 2.45) is 11.3 Å². The monoisotopic (exact) mass is 579 g/mol. The quantitative estimate of drug-likeness (QED) is 0.0771. The topological polar surface area (TPSA) is 37.3 Å². The first-order valence-electron chi connectivity index (χ1n) is 19.3. The van der Waals surface area contributed by atoms with Crippen molar-refractivity contribution in [3.8, 4) is 0 Å². The predicted molar refractivity (Wildman–Crippen MR) is 184 cm³/mol. The molecular weight excluding hydrogens is 500 g/mol. The molecule has 0 aromatic rings. The van der Waals surface area contributed by atoms with E-state index in [0.717, 1.165) is 44.9 Å². The fourth-order valence-corrected chi connectivity index (χ4v) is 7.28. The van der Waals surface area contributed by atoms with Gasteiger partial charge >= 0.3 is 5.97 Å². The highest BCUT2D eigenvalue weighted by molar-refractivity contribution is 5.75. The molecule has 2 nitrogen and oxygen atoms in total. The minimum absolute atomic E-state index is 0.356. The zero-order chi connectivity index (χ0) is 30.3. The first-order valence-corrected chi connectivity index (χ1v) is 19.3. The number of carbonyl (C=O) groups is 1. The second-order valence-electron chi connectivity index (χ2n) is 13.7. The Hall–Kier alpha value is -0.530. The molecule has 0 radical (unpaired) electrons. The van der Waals surface area contributed by atoms with Crippen LogP contribution in [0.3, 0.4) is 0 Å². The van der Waals surface area contributed by atoms with E-state index in [1.54, 1.807) is 0 Å². The van der Waals surface area contributed by atoms with Crippen molar-refractivity contribution in [1.82, 2.24) is 0 Å². The Morgan fingerprint density at radius 1 is 0.415 bits per heavy atom. The van der Waals surface area contributed by atoms with Gasteiger partial charge in [-0.25, -0.2) is 0 Å². The maximum atomic E-state index is 12.8. The molecule has 246 valence electrons. The summed E-state index contributed by atoms with van der Waals surface area (Å²) >= 11 is 0. The molecule has 2 atom stereocenters. The van der Waals surface area contributed by atoms with Gasteiger partial charge in [0.25, 0.3) is 0 Å². The molecule has 0 saturated carbocycles. The van der Waals surface area contributed by atoms with E-state index in [2.05, 4.69) is 27.7 Å². The van der Waals surface area contributed by atoms with Crippen LogP contribution in [0.1, 0.15) is 233 Å². The smallest absolute Gasteiger partial charge is 0.309 e. The zero-order valence-corrected chi connectivity index (χ0v) is 29.1. The number of unbranched alkanes of at least 4 members (excludes halogenated alkanes) is 24. The number of carboxylic acid groups (broad SMARTS) is 1. The van der Waals surface area contributed by atoms with Crippen molar-refractivity contribution in [2.75, 3.05) is 0 Å². The van der Waals surface area contributed by atoms with Gasteiger partial charge in [-0.2, -0.15) is 0 Å². The first kappa shape index (κ1) is 40.5. The fourth-order valence-electron chi connectivity index (χ4n) is 7.28. The van der Waals surface area contributed by atoms with Gasteiger partial charge in [0.15, 0.2) is 0 Å². The van der Waals surface area contributed by atoms with Gasteiger partial charge in [0.1, 0.15) is 0 Å². The Morgan fingerprint density at radius 2 is 0.756 bits per heavy atom. The summed E-state index contributed by atoms with van der Waals surface area (Å²) in [5, 5.41) is 10.5. The van der Waals surface area contributed by atoms with Gasteiger partial charge in [0.05, 0.1) is 5.41 Å². The lowest BCUT2D eigenvalue weighted by molar-refractivity contribution is -0.155. The molecule has 0 amide bonds. The van der Waals surface area contributed by atoms with E-state index in [-0.39, 0.29) is 0 Å². The Morgan fingerprint density at radius 3 is 1.07 bits per heavy atom. The normalized spacial score (nSPS) is 13.9. The molecule has 0 rings (SSSR count). The summed E-state index contributed by atoms with van der Waals surface area (Å²) in [5.74, 6) is -0.138. The highest BCUT2D eigenvalue weighted by atomic mass is 16.4. The molecule has 0 aliphatic rings. The van der Waals surface area contributed by atoms with Gasteiger partial charge in [-0.1, -0.05) is 207 Å². The number of hydrogen-bond donors (Lipinski definition) is 1. The minimum Gasteiger partial charge on any atom is -0.481 e. The fraction of sp³-hybridized carbons (Fsp3) is 0.974. The SMILES string of the molecule is CCCCCCCCCCCCCCCC(CCC)C(CCC)(CCCCCCCCCCCCCCC)C(=O)O. The zero-order valence-electron chi connectivity index (χ0n) is 29.1. The maximum absolute atomic E-state index is 12.8. The molecule has 41 heavy (non-hydrogen) atoms. The van der Waals surface area contributed by atoms with Crippen LogP contribution in [-0.4, -0.2) is 11.1 Å². The molecule has 0 aliphatic carbocycles. The van der Waals surface area contributed by atoms with Gasteiger partial charge < -0.3 is 5.11 Å². The second kappa shape index (κ2) is 30.9. The predicted octanol–water partition coefficient (Wildman–Crippen LogP) is 14.2. The molecule has 0 bridgehead atoms. The Balaban J connectivity index is 4.26. The molecule has 0 fully saturated rings. The third-order valence-electron chi connectivity index (χ3n) is 9.92. The van der Waals surface area contributed by atoms with Crippen LogP contribution in [0.15, 0.2) is 0 Å². The number of rotatable bonds is 34. The largest absolute Gasteiger partial charge is 0.481 e. The van der Waals surface area contributed by atoms with E-state index in [1.165, 1.54) is 161 Å². The number of hydrogen-bond acceptors (Lipinski definition) is 1. The van der Waals surface area contributed by atoms with E-state index in [4.69, 9.17) is 0 Å². The molecule has 0 aliphatic heterocycles. The van der Waals surface area contributed by atoms with Crippen LogP contribution in [-0.2, 0) is 4.79 Å². The summed E-state index contributed by atoms with van der Waals surface area (Å²) in [7, 11) is 0. The van der Waals surface area contributed by atoms with E-state index in [0.29, 0.717) is 5.92 Å². The highest BCUT2D eigenvalue weighted by Crippen LogP contribution is 2.44. The summed E-state index contributed by atoms with van der Waals surface area (Å²) in [6.07, 6.45) is 41.5. The molecular formula is C39H78O2. The van der Waals surface area contributed by atoms with Gasteiger partial charge in [-0.05, 0) is 31.6 Å². The number of aliphatic carboxylic acids is 1. The Kier molecular flexibility index (Phi) is 30.5. The van der Waals surface area contributed by atoms with Crippen molar-refractivity contribution in [1.29, 1.82) is 0 Å². The van der Waals surface area contributed by atoms with Gasteiger partial charge in [-0.3, -0.25) is 4.79 Å². The first-order chi connectivity index (χ1) is 20.1. The number of carboxylic acids is 1. The third-order valence-corrected chi connectivity index (χ3v) is 9.92. The molecule has 0 saturated heterocycles. The minimum atomic E-state index is -0.494. The molecule has 1 N–H and O–H groups in total.